The van der Waals surface area contributed by atoms with Crippen molar-refractivity contribution in [2.75, 3.05) is 7.11 Å². The van der Waals surface area contributed by atoms with Crippen molar-refractivity contribution in [2.45, 2.75) is 40.2 Å². The number of esters is 1. The van der Waals surface area contributed by atoms with Gasteiger partial charge < -0.3 is 20.3 Å². The third kappa shape index (κ3) is 4.31. The zero-order valence-electron chi connectivity index (χ0n) is 15.3. The van der Waals surface area contributed by atoms with E-state index in [1.807, 2.05) is 52.0 Å². The summed E-state index contributed by atoms with van der Waals surface area (Å²) in [6.07, 6.45) is 0.409. The standard InChI is InChI=1S/C20H25NO4/c1-11-8-16(9-12(2)18(11)22)25-19-13(3)6-15(7-14(19)4)10-17(21)20(23)24-5/h6-9,17,22H,10,21H2,1-5H3. The molecule has 134 valence electrons. The molecule has 0 saturated carbocycles. The van der Waals surface area contributed by atoms with Gasteiger partial charge in [0.1, 0.15) is 23.3 Å². The van der Waals surface area contributed by atoms with Crippen LogP contribution in [0.15, 0.2) is 24.3 Å². The van der Waals surface area contributed by atoms with E-state index in [0.717, 1.165) is 33.6 Å². The van der Waals surface area contributed by atoms with E-state index >= 15 is 0 Å². The number of hydrogen-bond acceptors (Lipinski definition) is 5. The molecular weight excluding hydrogens is 318 g/mol. The number of phenolic OH excluding ortho intramolecular Hbond substituents is 1. The van der Waals surface area contributed by atoms with Crippen molar-refractivity contribution >= 4 is 5.97 Å². The van der Waals surface area contributed by atoms with Gasteiger partial charge in [0.05, 0.1) is 7.11 Å². The zero-order chi connectivity index (χ0) is 18.7. The summed E-state index contributed by atoms with van der Waals surface area (Å²) in [6.45, 7) is 7.59. The molecule has 5 heteroatoms. The maximum atomic E-state index is 11.5. The van der Waals surface area contributed by atoms with Crippen LogP contribution in [0.3, 0.4) is 0 Å². The van der Waals surface area contributed by atoms with Crippen LogP contribution in [0.1, 0.15) is 27.8 Å². The second-order valence-corrected chi connectivity index (χ2v) is 6.40. The third-order valence-corrected chi connectivity index (χ3v) is 4.16. The van der Waals surface area contributed by atoms with Crippen molar-refractivity contribution in [3.63, 3.8) is 0 Å². The fourth-order valence-corrected chi connectivity index (χ4v) is 2.90. The highest BCUT2D eigenvalue weighted by Gasteiger charge is 2.16. The maximum absolute atomic E-state index is 11.5. The first-order valence-electron chi connectivity index (χ1n) is 8.14. The molecule has 0 radical (unpaired) electrons. The SMILES string of the molecule is COC(=O)C(N)Cc1cc(C)c(Oc2cc(C)c(O)c(C)c2)c(C)c1. The topological polar surface area (TPSA) is 81.8 Å². The molecule has 0 amide bonds. The van der Waals surface area contributed by atoms with Crippen molar-refractivity contribution in [3.8, 4) is 17.2 Å². The summed E-state index contributed by atoms with van der Waals surface area (Å²) in [5, 5.41) is 9.89. The first kappa shape index (κ1) is 18.8. The Morgan fingerprint density at radius 1 is 1.04 bits per heavy atom. The molecule has 25 heavy (non-hydrogen) atoms. The zero-order valence-corrected chi connectivity index (χ0v) is 15.3. The Morgan fingerprint density at radius 2 is 1.56 bits per heavy atom. The van der Waals surface area contributed by atoms with Gasteiger partial charge in [-0.3, -0.25) is 4.79 Å². The molecule has 0 fully saturated rings. The molecular formula is C20H25NO4. The van der Waals surface area contributed by atoms with Gasteiger partial charge in [-0.2, -0.15) is 0 Å². The smallest absolute Gasteiger partial charge is 0.322 e. The number of methoxy groups -OCH3 is 1. The van der Waals surface area contributed by atoms with E-state index in [9.17, 15) is 9.90 Å². The predicted molar refractivity (Wildman–Crippen MR) is 97.3 cm³/mol. The highest BCUT2D eigenvalue weighted by Crippen LogP contribution is 2.33. The largest absolute Gasteiger partial charge is 0.507 e. The molecule has 0 saturated heterocycles. The molecule has 0 bridgehead atoms. The fraction of sp³-hybridized carbons (Fsp3) is 0.350. The van der Waals surface area contributed by atoms with Crippen LogP contribution >= 0.6 is 0 Å². The minimum absolute atomic E-state index is 0.285. The van der Waals surface area contributed by atoms with E-state index in [0.29, 0.717) is 12.2 Å². The van der Waals surface area contributed by atoms with Gasteiger partial charge in [0, 0.05) is 0 Å². The Morgan fingerprint density at radius 3 is 2.04 bits per heavy atom. The van der Waals surface area contributed by atoms with Gasteiger partial charge >= 0.3 is 5.97 Å². The van der Waals surface area contributed by atoms with Crippen LogP contribution in [0, 0.1) is 27.7 Å². The van der Waals surface area contributed by atoms with Crippen LogP contribution in [0.4, 0.5) is 0 Å². The average molecular weight is 343 g/mol. The van der Waals surface area contributed by atoms with Gasteiger partial charge in [0.15, 0.2) is 0 Å². The molecule has 1 atom stereocenters. The Balaban J connectivity index is 2.27. The van der Waals surface area contributed by atoms with Gasteiger partial charge in [0.25, 0.3) is 0 Å². The fourth-order valence-electron chi connectivity index (χ4n) is 2.90. The Bertz CT molecular complexity index is 752. The lowest BCUT2D eigenvalue weighted by molar-refractivity contribution is -0.142. The predicted octanol–water partition coefficient (Wildman–Crippen LogP) is 3.46. The summed E-state index contributed by atoms with van der Waals surface area (Å²) in [7, 11) is 1.33. The maximum Gasteiger partial charge on any atom is 0.322 e. The summed E-state index contributed by atoms with van der Waals surface area (Å²) in [4.78, 5) is 11.5. The van der Waals surface area contributed by atoms with Crippen molar-refractivity contribution < 1.29 is 19.4 Å². The Labute approximate surface area is 148 Å². The molecule has 0 heterocycles. The van der Waals surface area contributed by atoms with Gasteiger partial charge in [-0.15, -0.1) is 0 Å². The van der Waals surface area contributed by atoms with E-state index < -0.39 is 12.0 Å². The highest BCUT2D eigenvalue weighted by molar-refractivity contribution is 5.75. The number of carbonyl (C=O) groups is 1. The van der Waals surface area contributed by atoms with Crippen LogP contribution in [-0.2, 0) is 16.0 Å². The van der Waals surface area contributed by atoms with E-state index in [2.05, 4.69) is 4.74 Å². The molecule has 1 unspecified atom stereocenters. The molecule has 0 aliphatic carbocycles. The van der Waals surface area contributed by atoms with Crippen molar-refractivity contribution in [3.05, 3.63) is 52.1 Å². The average Bonchev–Trinajstić information content (AvgIpc) is 2.55. The Kier molecular flexibility index (Phi) is 5.69. The van der Waals surface area contributed by atoms with E-state index in [4.69, 9.17) is 10.5 Å². The van der Waals surface area contributed by atoms with E-state index in [1.54, 1.807) is 0 Å². The number of aromatic hydroxyl groups is 1. The second kappa shape index (κ2) is 7.57. The molecule has 0 aliphatic heterocycles. The molecule has 0 aromatic heterocycles. The van der Waals surface area contributed by atoms with Gasteiger partial charge in [-0.05, 0) is 74.1 Å². The number of benzene rings is 2. The van der Waals surface area contributed by atoms with E-state index in [-0.39, 0.29) is 5.75 Å². The number of hydrogen-bond donors (Lipinski definition) is 2. The number of phenols is 1. The van der Waals surface area contributed by atoms with Crippen LogP contribution in [-0.4, -0.2) is 24.2 Å². The lowest BCUT2D eigenvalue weighted by Crippen LogP contribution is -2.33. The van der Waals surface area contributed by atoms with Crippen LogP contribution in [0.5, 0.6) is 17.2 Å². The Hall–Kier alpha value is -2.53. The number of rotatable bonds is 5. The quantitative estimate of drug-likeness (QED) is 0.813. The molecule has 5 nitrogen and oxygen atoms in total. The summed E-state index contributed by atoms with van der Waals surface area (Å²) in [6, 6.07) is 6.86. The van der Waals surface area contributed by atoms with Crippen molar-refractivity contribution in [2.24, 2.45) is 5.73 Å². The van der Waals surface area contributed by atoms with Crippen molar-refractivity contribution in [1.82, 2.24) is 0 Å². The second-order valence-electron chi connectivity index (χ2n) is 6.40. The van der Waals surface area contributed by atoms with Gasteiger partial charge in [-0.25, -0.2) is 0 Å². The molecule has 0 aliphatic rings. The first-order chi connectivity index (χ1) is 11.7. The summed E-state index contributed by atoms with van der Waals surface area (Å²) < 4.78 is 10.7. The number of carbonyl (C=O) groups excluding carboxylic acids is 1. The van der Waals surface area contributed by atoms with E-state index in [1.165, 1.54) is 7.11 Å². The molecule has 2 aromatic rings. The first-order valence-corrected chi connectivity index (χ1v) is 8.14. The summed E-state index contributed by atoms with van der Waals surface area (Å²) in [5.74, 6) is 1.30. The number of ether oxygens (including phenoxy) is 2. The molecule has 0 spiro atoms. The van der Waals surface area contributed by atoms with Crippen molar-refractivity contribution in [1.29, 1.82) is 0 Å². The molecule has 2 aromatic carbocycles. The monoisotopic (exact) mass is 343 g/mol. The molecule has 3 N–H and O–H groups in total. The molecule has 2 rings (SSSR count). The minimum atomic E-state index is -0.682. The van der Waals surface area contributed by atoms with Gasteiger partial charge in [0.2, 0.25) is 0 Å². The summed E-state index contributed by atoms with van der Waals surface area (Å²) >= 11 is 0. The number of aryl methyl sites for hydroxylation is 4. The van der Waals surface area contributed by atoms with Crippen LogP contribution in [0.2, 0.25) is 0 Å². The number of nitrogens with two attached hydrogens (primary N) is 1. The summed E-state index contributed by atoms with van der Waals surface area (Å²) in [5.41, 5.74) is 10.2. The highest BCUT2D eigenvalue weighted by atomic mass is 16.5. The van der Waals surface area contributed by atoms with Gasteiger partial charge in [-0.1, -0.05) is 12.1 Å². The van der Waals surface area contributed by atoms with Crippen LogP contribution < -0.4 is 10.5 Å². The lowest BCUT2D eigenvalue weighted by atomic mass is 10.0. The van der Waals surface area contributed by atoms with Crippen LogP contribution in [0.25, 0.3) is 0 Å². The third-order valence-electron chi connectivity index (χ3n) is 4.16. The normalized spacial score (nSPS) is 11.9. The lowest BCUT2D eigenvalue weighted by Gasteiger charge is -2.16. The minimum Gasteiger partial charge on any atom is -0.507 e.